The maximum absolute atomic E-state index is 15.1. The molecule has 12 bridgehead atoms. The molecule has 0 unspecified atom stereocenters. The second-order valence-corrected chi connectivity index (χ2v) is 24.0. The van der Waals surface area contributed by atoms with E-state index in [1.54, 1.807) is 48.5 Å². The molecule has 4 aliphatic heterocycles. The van der Waals surface area contributed by atoms with Gasteiger partial charge in [-0.05, 0) is 161 Å². The van der Waals surface area contributed by atoms with E-state index in [0.717, 1.165) is 12.8 Å². The molecule has 0 radical (unpaired) electrons. The van der Waals surface area contributed by atoms with Crippen molar-refractivity contribution in [1.82, 2.24) is 21.3 Å². The zero-order chi connectivity index (χ0) is 51.3. The van der Waals surface area contributed by atoms with Crippen molar-refractivity contribution >= 4 is 47.5 Å². The maximum Gasteiger partial charge on any atom is 0.328 e. The summed E-state index contributed by atoms with van der Waals surface area (Å²) in [6, 6.07) is 9.49. The van der Waals surface area contributed by atoms with Crippen LogP contribution in [0.1, 0.15) is 129 Å². The first-order valence-corrected chi connectivity index (χ1v) is 26.2. The SMILES string of the molecule is COC(=O)[C@H](CC(C)C)NC(=O)[C@@H]1Cc2ccc(cc2)OC(=O)C23CC4CC(C2)CC(C4)(C3)C(=O)Oc2ccc(cc2)C[C@@H](C(=O)N[C@@H](CC(C)C)C(=O)OC)NC(=O)C23CC4CC(CC(C4)(C2)C(=O)N1)C3. The molecule has 8 aliphatic carbocycles. The van der Waals surface area contributed by atoms with Crippen molar-refractivity contribution in [2.45, 2.75) is 155 Å². The summed E-state index contributed by atoms with van der Waals surface area (Å²) >= 11 is 0. The summed E-state index contributed by atoms with van der Waals surface area (Å²) in [6.45, 7) is 7.72. The Labute approximate surface area is 421 Å². The average molecular weight is 993 g/mol. The van der Waals surface area contributed by atoms with E-state index in [1.165, 1.54) is 14.2 Å². The van der Waals surface area contributed by atoms with Gasteiger partial charge < -0.3 is 40.2 Å². The number of hydrogen-bond acceptors (Lipinski definition) is 12. The molecule has 4 spiro atoms. The molecular formula is C56H72N4O12. The molecule has 8 saturated carbocycles. The van der Waals surface area contributed by atoms with Crippen molar-refractivity contribution in [3.63, 3.8) is 0 Å². The largest absolute Gasteiger partial charge is 0.467 e. The number of carbonyl (C=O) groups excluding carboxylic acids is 8. The molecule has 2 aromatic carbocycles. The number of esters is 4. The van der Waals surface area contributed by atoms with Gasteiger partial charge >= 0.3 is 23.9 Å². The Morgan fingerprint density at radius 2 is 0.861 bits per heavy atom. The maximum atomic E-state index is 15.1. The van der Waals surface area contributed by atoms with Crippen molar-refractivity contribution < 1.29 is 57.3 Å². The first kappa shape index (κ1) is 51.1. The predicted octanol–water partition coefficient (Wildman–Crippen LogP) is 5.85. The van der Waals surface area contributed by atoms with E-state index in [0.29, 0.717) is 93.3 Å². The van der Waals surface area contributed by atoms with E-state index in [2.05, 4.69) is 21.3 Å². The van der Waals surface area contributed by atoms with Gasteiger partial charge in [0.25, 0.3) is 0 Å². The molecule has 0 aromatic heterocycles. The summed E-state index contributed by atoms with van der Waals surface area (Å²) in [5, 5.41) is 12.0. The van der Waals surface area contributed by atoms with Crippen LogP contribution in [0.15, 0.2) is 48.5 Å². The van der Waals surface area contributed by atoms with Crippen LogP contribution in [0.4, 0.5) is 0 Å². The molecule has 8 fully saturated rings. The van der Waals surface area contributed by atoms with Gasteiger partial charge in [-0.3, -0.25) is 28.8 Å². The summed E-state index contributed by atoms with van der Waals surface area (Å²) in [4.78, 5) is 114. The molecule has 16 nitrogen and oxygen atoms in total. The van der Waals surface area contributed by atoms with Crippen LogP contribution in [0.25, 0.3) is 0 Å². The minimum absolute atomic E-state index is 0.0298. The Morgan fingerprint density at radius 3 is 1.18 bits per heavy atom. The number of rotatable bonds is 10. The van der Waals surface area contributed by atoms with Crippen molar-refractivity contribution in [1.29, 1.82) is 0 Å². The Kier molecular flexibility index (Phi) is 14.1. The van der Waals surface area contributed by atoms with E-state index in [9.17, 15) is 28.8 Å². The third-order valence-electron chi connectivity index (χ3n) is 17.4. The standard InChI is InChI=1S/C56H72N4O12/c1-31(2)15-43(47(63)69-5)57-45(61)41-19-33-7-11-39(12-8-33)71-51(67)55-25-37-18-38(26-55)28-56(27-37,30-55)52(68)72-40-13-9-34(10-14-40)20-42(46(62)58-44(16-32(3)4)48(64)70-6)60-50(66)54-23-35-17-36(24-54)22-53(21-35,29-54)49(65)59-41/h7-14,31-32,35-38,41-44H,15-30H2,1-6H3,(H,57,61)(H,58,62)(H,59,65)(H,60,66)/t35?,36?,37?,38?,41-,42-,43-,44-,53?,54?,55?,56?/m0/s1. The highest BCUT2D eigenvalue weighted by Crippen LogP contribution is 2.67. The molecule has 12 aliphatic rings. The normalized spacial score (nSPS) is 33.6. The van der Waals surface area contributed by atoms with Crippen molar-refractivity contribution in [2.24, 2.45) is 57.2 Å². The monoisotopic (exact) mass is 993 g/mol. The highest BCUT2D eigenvalue weighted by atomic mass is 16.5. The fourth-order valence-electron chi connectivity index (χ4n) is 15.1. The molecule has 4 amide bonds. The quantitative estimate of drug-likeness (QED) is 0.163. The lowest BCUT2D eigenvalue weighted by Crippen LogP contribution is -2.64. The minimum Gasteiger partial charge on any atom is -0.467 e. The number of hydrogen-bond donors (Lipinski definition) is 4. The first-order valence-electron chi connectivity index (χ1n) is 26.2. The highest BCUT2D eigenvalue weighted by Gasteiger charge is 2.65. The van der Waals surface area contributed by atoms with Gasteiger partial charge in [0.2, 0.25) is 23.6 Å². The Morgan fingerprint density at radius 1 is 0.542 bits per heavy atom. The van der Waals surface area contributed by atoms with Crippen molar-refractivity contribution in [2.75, 3.05) is 14.2 Å². The highest BCUT2D eigenvalue weighted by molar-refractivity contribution is 5.95. The van der Waals surface area contributed by atoms with Gasteiger partial charge in [-0.1, -0.05) is 52.0 Å². The van der Waals surface area contributed by atoms with Gasteiger partial charge in [-0.25, -0.2) is 9.59 Å². The smallest absolute Gasteiger partial charge is 0.328 e. The molecule has 0 saturated heterocycles. The van der Waals surface area contributed by atoms with Gasteiger partial charge in [-0.15, -0.1) is 0 Å². The molecule has 4 atom stereocenters. The van der Waals surface area contributed by atoms with Crippen LogP contribution in [0.5, 0.6) is 11.5 Å². The molecule has 4 N–H and O–H groups in total. The Bertz CT molecular complexity index is 2280. The van der Waals surface area contributed by atoms with E-state index in [4.69, 9.17) is 18.9 Å². The van der Waals surface area contributed by atoms with Crippen molar-refractivity contribution in [3.8, 4) is 11.5 Å². The number of amides is 4. The summed E-state index contributed by atoms with van der Waals surface area (Å²) in [6.07, 6.45) is 7.57. The molecule has 16 heteroatoms. The fraction of sp³-hybridized carbons (Fsp3) is 0.643. The average Bonchev–Trinajstić information content (AvgIpc) is 3.32. The Balaban J connectivity index is 1.07. The number of carbonyl (C=O) groups is 8. The number of methoxy groups -OCH3 is 2. The zero-order valence-corrected chi connectivity index (χ0v) is 42.6. The lowest BCUT2D eigenvalue weighted by molar-refractivity contribution is -0.183. The topological polar surface area (TPSA) is 222 Å². The van der Waals surface area contributed by atoms with E-state index in [-0.39, 0.29) is 78.5 Å². The van der Waals surface area contributed by atoms with Gasteiger partial charge in [0.05, 0.1) is 35.9 Å². The lowest BCUT2D eigenvalue weighted by Gasteiger charge is -2.60. The van der Waals surface area contributed by atoms with Gasteiger partial charge in [0.1, 0.15) is 35.7 Å². The molecule has 72 heavy (non-hydrogen) atoms. The molecule has 388 valence electrons. The molecule has 4 heterocycles. The minimum atomic E-state index is -1.14. The van der Waals surface area contributed by atoms with Crippen LogP contribution >= 0.6 is 0 Å². The van der Waals surface area contributed by atoms with E-state index in [1.807, 2.05) is 27.7 Å². The summed E-state index contributed by atoms with van der Waals surface area (Å²) in [5.74, 6) is -2.73. The Hall–Kier alpha value is -5.80. The van der Waals surface area contributed by atoms with Gasteiger partial charge in [-0.2, -0.15) is 0 Å². The fourth-order valence-corrected chi connectivity index (χ4v) is 15.1. The summed E-state index contributed by atoms with van der Waals surface area (Å²) in [7, 11) is 2.52. The molecular weight excluding hydrogens is 921 g/mol. The third-order valence-corrected chi connectivity index (χ3v) is 17.4. The molecule has 2 aromatic rings. The van der Waals surface area contributed by atoms with Crippen LogP contribution in [0.2, 0.25) is 0 Å². The van der Waals surface area contributed by atoms with E-state index < -0.39 is 69.6 Å². The lowest BCUT2D eigenvalue weighted by atomic mass is 9.43. The zero-order valence-electron chi connectivity index (χ0n) is 42.6. The summed E-state index contributed by atoms with van der Waals surface area (Å²) in [5.41, 5.74) is -2.42. The first-order chi connectivity index (χ1) is 34.2. The van der Waals surface area contributed by atoms with Gasteiger partial charge in [0, 0.05) is 12.8 Å². The number of benzene rings is 2. The van der Waals surface area contributed by atoms with Crippen molar-refractivity contribution in [3.05, 3.63) is 59.7 Å². The van der Waals surface area contributed by atoms with Crippen LogP contribution in [0.3, 0.4) is 0 Å². The van der Waals surface area contributed by atoms with E-state index >= 15 is 9.59 Å². The molecule has 14 rings (SSSR count). The second kappa shape index (κ2) is 19.9. The van der Waals surface area contributed by atoms with Gasteiger partial charge in [0.15, 0.2) is 0 Å². The van der Waals surface area contributed by atoms with Crippen LogP contribution < -0.4 is 30.7 Å². The van der Waals surface area contributed by atoms with Crippen LogP contribution in [-0.2, 0) is 60.7 Å². The summed E-state index contributed by atoms with van der Waals surface area (Å²) < 4.78 is 22.4. The predicted molar refractivity (Wildman–Crippen MR) is 261 cm³/mol. The van der Waals surface area contributed by atoms with Crippen LogP contribution in [0, 0.1) is 57.2 Å². The second-order valence-electron chi connectivity index (χ2n) is 24.0. The number of ether oxygens (including phenoxy) is 4. The van der Waals surface area contributed by atoms with Crippen LogP contribution in [-0.4, -0.2) is 85.9 Å². The number of nitrogens with one attached hydrogen (secondary N) is 4. The third kappa shape index (κ3) is 10.2.